The number of pyridine rings is 1. The Morgan fingerprint density at radius 2 is 0.960 bits per heavy atom. The Hall–Kier alpha value is -6.58. The third-order valence-corrected chi connectivity index (χ3v) is 10.8. The summed E-state index contributed by atoms with van der Waals surface area (Å²) in [4.78, 5) is 9.87. The zero-order chi connectivity index (χ0) is 32.8. The highest BCUT2D eigenvalue weighted by Gasteiger charge is 2.51. The van der Waals surface area contributed by atoms with Crippen molar-refractivity contribution >= 4 is 22.0 Å². The maximum absolute atomic E-state index is 6.34. The van der Waals surface area contributed by atoms with Gasteiger partial charge in [-0.2, -0.15) is 0 Å². The lowest BCUT2D eigenvalue weighted by molar-refractivity contribution is 0.608. The summed E-state index contributed by atoms with van der Waals surface area (Å²) in [6.45, 7) is 0. The molecule has 0 saturated carbocycles. The molecule has 1 spiro atoms. The lowest BCUT2D eigenvalue weighted by atomic mass is 9.70. The number of rotatable bonds is 3. The van der Waals surface area contributed by atoms with Crippen molar-refractivity contribution in [1.82, 2.24) is 9.97 Å². The maximum atomic E-state index is 6.34. The van der Waals surface area contributed by atoms with Crippen molar-refractivity contribution in [2.45, 2.75) is 5.41 Å². The van der Waals surface area contributed by atoms with Crippen LogP contribution in [0.15, 0.2) is 174 Å². The molecule has 50 heavy (non-hydrogen) atoms. The van der Waals surface area contributed by atoms with Gasteiger partial charge in [0.25, 0.3) is 0 Å². The number of aromatic nitrogens is 2. The van der Waals surface area contributed by atoms with Crippen LogP contribution in [0.4, 0.5) is 0 Å². The molecule has 0 amide bonds. The van der Waals surface area contributed by atoms with E-state index in [0.717, 1.165) is 27.9 Å². The molecular formula is C47H28N2O. The molecule has 232 valence electrons. The highest BCUT2D eigenvalue weighted by atomic mass is 16.4. The highest BCUT2D eigenvalue weighted by molar-refractivity contribution is 5.97. The van der Waals surface area contributed by atoms with E-state index in [-0.39, 0.29) is 0 Å². The molecular weight excluding hydrogens is 609 g/mol. The van der Waals surface area contributed by atoms with Gasteiger partial charge in [0.1, 0.15) is 5.52 Å². The molecule has 2 aromatic heterocycles. The number of nitrogens with zero attached hydrogens (tertiary/aromatic N) is 2. The Kier molecular flexibility index (Phi) is 5.59. The van der Waals surface area contributed by atoms with E-state index in [0.29, 0.717) is 11.6 Å². The zero-order valence-electron chi connectivity index (χ0n) is 27.0. The summed E-state index contributed by atoms with van der Waals surface area (Å²) in [5.74, 6) is 0.566. The summed E-state index contributed by atoms with van der Waals surface area (Å²) in [5.41, 5.74) is 16.5. The summed E-state index contributed by atoms with van der Waals surface area (Å²) in [5, 5.41) is 2.47. The van der Waals surface area contributed by atoms with Crippen molar-refractivity contribution in [3.8, 4) is 56.1 Å². The minimum absolute atomic E-state index is 0.392. The number of hydrogen-bond acceptors (Lipinski definition) is 3. The molecule has 0 atom stereocenters. The molecule has 2 aliphatic rings. The topological polar surface area (TPSA) is 38.9 Å². The summed E-state index contributed by atoms with van der Waals surface area (Å²) in [6, 6.07) is 61.0. The standard InChI is InChI=1S/C47H28N2O/c1-2-12-33-29(10-1)11-9-16-34(33)30-20-22-31(23-21-30)45-49-44-27-26-43(48-46(44)50-45)32-24-25-38-37-15-5-8-19-41(37)47(42(38)28-32)39-17-6-3-13-35(39)36-14-4-7-18-40(36)47/h1-28H. The first kappa shape index (κ1) is 27.4. The molecule has 0 bridgehead atoms. The number of hydrogen-bond donors (Lipinski definition) is 0. The predicted molar refractivity (Wildman–Crippen MR) is 202 cm³/mol. The van der Waals surface area contributed by atoms with Crippen LogP contribution in [0, 0.1) is 0 Å². The number of fused-ring (bicyclic) bond motifs is 12. The van der Waals surface area contributed by atoms with Crippen LogP contribution >= 0.6 is 0 Å². The van der Waals surface area contributed by atoms with E-state index in [2.05, 4.69) is 164 Å². The molecule has 3 nitrogen and oxygen atoms in total. The van der Waals surface area contributed by atoms with Gasteiger partial charge in [-0.05, 0) is 96.7 Å². The molecule has 0 N–H and O–H groups in total. The average molecular weight is 637 g/mol. The molecule has 9 aromatic rings. The van der Waals surface area contributed by atoms with Gasteiger partial charge in [-0.1, -0.05) is 140 Å². The molecule has 2 aliphatic carbocycles. The molecule has 7 aromatic carbocycles. The van der Waals surface area contributed by atoms with Crippen LogP contribution in [0.5, 0.6) is 0 Å². The van der Waals surface area contributed by atoms with E-state index in [1.54, 1.807) is 0 Å². The first-order valence-corrected chi connectivity index (χ1v) is 17.1. The minimum Gasteiger partial charge on any atom is -0.418 e. The molecule has 0 radical (unpaired) electrons. The molecule has 0 fully saturated rings. The number of benzene rings is 7. The Bertz CT molecular complexity index is 2760. The fraction of sp³-hybridized carbons (Fsp3) is 0.0213. The molecule has 0 unspecified atom stereocenters. The Morgan fingerprint density at radius 1 is 0.400 bits per heavy atom. The van der Waals surface area contributed by atoms with Crippen molar-refractivity contribution in [3.63, 3.8) is 0 Å². The largest absolute Gasteiger partial charge is 0.418 e. The van der Waals surface area contributed by atoms with Gasteiger partial charge >= 0.3 is 0 Å². The van der Waals surface area contributed by atoms with E-state index in [9.17, 15) is 0 Å². The van der Waals surface area contributed by atoms with Crippen LogP contribution in [-0.4, -0.2) is 9.97 Å². The molecule has 11 rings (SSSR count). The second-order valence-electron chi connectivity index (χ2n) is 13.3. The molecule has 0 saturated heterocycles. The van der Waals surface area contributed by atoms with Gasteiger partial charge in [0.2, 0.25) is 11.6 Å². The van der Waals surface area contributed by atoms with Crippen molar-refractivity contribution in [1.29, 1.82) is 0 Å². The average Bonchev–Trinajstić information content (AvgIpc) is 3.84. The molecule has 3 heteroatoms. The van der Waals surface area contributed by atoms with Crippen LogP contribution in [0.1, 0.15) is 22.3 Å². The predicted octanol–water partition coefficient (Wildman–Crippen LogP) is 11.7. The summed E-state index contributed by atoms with van der Waals surface area (Å²) >= 11 is 0. The normalized spacial score (nSPS) is 13.4. The SMILES string of the molecule is c1ccc2c(c1)-c1ccccc1C21c2ccccc2-c2ccc(-c3ccc4nc(-c5ccc(-c6cccc7ccccc67)cc5)oc4n3)cc21. The van der Waals surface area contributed by atoms with E-state index in [4.69, 9.17) is 14.4 Å². The van der Waals surface area contributed by atoms with E-state index in [1.807, 2.05) is 6.07 Å². The Morgan fingerprint density at radius 3 is 1.68 bits per heavy atom. The first-order chi connectivity index (χ1) is 24.8. The van der Waals surface area contributed by atoms with Gasteiger partial charge in [-0.15, -0.1) is 0 Å². The molecule has 2 heterocycles. The third-order valence-electron chi connectivity index (χ3n) is 10.8. The van der Waals surface area contributed by atoms with Crippen molar-refractivity contribution in [2.24, 2.45) is 0 Å². The summed E-state index contributed by atoms with van der Waals surface area (Å²) < 4.78 is 6.34. The van der Waals surface area contributed by atoms with Crippen LogP contribution < -0.4 is 0 Å². The highest BCUT2D eigenvalue weighted by Crippen LogP contribution is 2.63. The van der Waals surface area contributed by atoms with Crippen LogP contribution in [0.3, 0.4) is 0 Å². The van der Waals surface area contributed by atoms with Gasteiger partial charge in [-0.25, -0.2) is 9.97 Å². The van der Waals surface area contributed by atoms with Gasteiger partial charge in [0.15, 0.2) is 0 Å². The second-order valence-corrected chi connectivity index (χ2v) is 13.3. The van der Waals surface area contributed by atoms with Crippen molar-refractivity contribution < 1.29 is 4.42 Å². The first-order valence-electron chi connectivity index (χ1n) is 17.1. The van der Waals surface area contributed by atoms with Crippen molar-refractivity contribution in [2.75, 3.05) is 0 Å². The van der Waals surface area contributed by atoms with Crippen LogP contribution in [-0.2, 0) is 5.41 Å². The van der Waals surface area contributed by atoms with E-state index >= 15 is 0 Å². The second kappa shape index (κ2) is 10.2. The van der Waals surface area contributed by atoms with Gasteiger partial charge in [0, 0.05) is 11.1 Å². The van der Waals surface area contributed by atoms with Crippen molar-refractivity contribution in [3.05, 3.63) is 192 Å². The summed E-state index contributed by atoms with van der Waals surface area (Å²) in [7, 11) is 0. The number of oxazole rings is 1. The van der Waals surface area contributed by atoms with Gasteiger partial charge in [0.05, 0.1) is 11.1 Å². The quantitative estimate of drug-likeness (QED) is 0.194. The fourth-order valence-electron chi connectivity index (χ4n) is 8.63. The molecule has 0 aliphatic heterocycles. The zero-order valence-corrected chi connectivity index (χ0v) is 27.0. The van der Waals surface area contributed by atoms with Crippen LogP contribution in [0.25, 0.3) is 78.1 Å². The Balaban J connectivity index is 1.01. The minimum atomic E-state index is -0.392. The maximum Gasteiger partial charge on any atom is 0.247 e. The Labute approximate surface area is 289 Å². The lowest BCUT2D eigenvalue weighted by Gasteiger charge is -2.30. The van der Waals surface area contributed by atoms with Crippen LogP contribution in [0.2, 0.25) is 0 Å². The van der Waals surface area contributed by atoms with Gasteiger partial charge in [-0.3, -0.25) is 0 Å². The van der Waals surface area contributed by atoms with E-state index < -0.39 is 5.41 Å². The summed E-state index contributed by atoms with van der Waals surface area (Å²) in [6.07, 6.45) is 0. The lowest BCUT2D eigenvalue weighted by Crippen LogP contribution is -2.25. The smallest absolute Gasteiger partial charge is 0.247 e. The third kappa shape index (κ3) is 3.69. The van der Waals surface area contributed by atoms with E-state index in [1.165, 1.54) is 60.8 Å². The monoisotopic (exact) mass is 636 g/mol. The van der Waals surface area contributed by atoms with Gasteiger partial charge < -0.3 is 4.42 Å². The fourth-order valence-corrected chi connectivity index (χ4v) is 8.63.